The second-order valence-corrected chi connectivity index (χ2v) is 1.78. The van der Waals surface area contributed by atoms with Gasteiger partial charge in [-0.05, 0) is 0 Å². The summed E-state index contributed by atoms with van der Waals surface area (Å²) in [6.45, 7) is 0. The van der Waals surface area contributed by atoms with E-state index in [9.17, 15) is 8.42 Å². The summed E-state index contributed by atoms with van der Waals surface area (Å²) in [6.07, 6.45) is 0. The zero-order chi connectivity index (χ0) is 5.21. The maximum atomic E-state index is 9.33. The van der Waals surface area contributed by atoms with Gasteiger partial charge in [0, 0.05) is 0 Å². The van der Waals surface area contributed by atoms with E-state index in [-0.39, 0.29) is 56.9 Å². The van der Waals surface area contributed by atoms with Crippen LogP contribution in [0.15, 0.2) is 0 Å². The Morgan fingerprint density at radius 1 is 1.50 bits per heavy atom. The molecule has 0 atom stereocenters. The Hall–Kier alpha value is 1.47. The molecule has 8 heavy (non-hydrogen) atoms. The molecule has 0 unspecified atom stereocenters. The van der Waals surface area contributed by atoms with Crippen LogP contribution in [0.5, 0.6) is 0 Å². The normalized spacial score (nSPS) is 8.75. The van der Waals surface area contributed by atoms with Crippen LogP contribution in [0, 0.1) is 0 Å². The van der Waals surface area contributed by atoms with Gasteiger partial charge in [-0.25, -0.2) is 0 Å². The van der Waals surface area contributed by atoms with E-state index >= 15 is 0 Å². The first-order valence-electron chi connectivity index (χ1n) is 1.09. The van der Waals surface area contributed by atoms with Crippen LogP contribution in [0.1, 0.15) is 0 Å². The molecule has 7 heteroatoms. The second-order valence-electron chi connectivity index (χ2n) is 0.594. The molecule has 46 valence electrons. The molecule has 0 aromatic carbocycles. The van der Waals surface area contributed by atoms with Gasteiger partial charge in [-0.3, -0.25) is 8.74 Å². The predicted molar refractivity (Wildman–Crippen MR) is 20.5 cm³/mol. The summed E-state index contributed by atoms with van der Waals surface area (Å²) in [5.74, 6) is 0. The van der Waals surface area contributed by atoms with Gasteiger partial charge in [0.05, 0.1) is 7.11 Å². The van der Waals surface area contributed by atoms with Crippen LogP contribution in [0.2, 0.25) is 0 Å². The third kappa shape index (κ3) is 15.7. The van der Waals surface area contributed by atoms with Crippen LogP contribution >= 0.6 is 0 Å². The van der Waals surface area contributed by atoms with Gasteiger partial charge in [0.2, 0.25) is 0 Å². The van der Waals surface area contributed by atoms with Crippen molar-refractivity contribution in [3.8, 4) is 0 Å². The third-order valence-electron chi connectivity index (χ3n) is 0.211. The molecular weight excluding hydrogens is 163 g/mol. The van der Waals surface area contributed by atoms with Gasteiger partial charge in [0.1, 0.15) is 0 Å². The molecule has 0 rings (SSSR count). The molecule has 2 N–H and O–H groups in total. The molecule has 0 aliphatic rings. The van der Waals surface area contributed by atoms with Crippen molar-refractivity contribution in [3.63, 3.8) is 0 Å². The van der Waals surface area contributed by atoms with E-state index in [1.807, 2.05) is 0 Å². The molecular formula is CH5KO5S. The molecule has 0 amide bonds. The van der Waals surface area contributed by atoms with E-state index in [0.717, 1.165) is 7.11 Å². The van der Waals surface area contributed by atoms with Crippen LogP contribution in [0.3, 0.4) is 0 Å². The fourth-order valence-electron chi connectivity index (χ4n) is 0. The van der Waals surface area contributed by atoms with Crippen molar-refractivity contribution < 1.29 is 74.0 Å². The zero-order valence-electron chi connectivity index (χ0n) is 4.53. The number of hydrogen-bond donors (Lipinski definition) is 1. The van der Waals surface area contributed by atoms with Gasteiger partial charge in [-0.1, -0.05) is 0 Å². The standard InChI is InChI=1S/CH4O4S.K.H2O/c1-5-6(2,3)4;;/h1H3,(H,2,3,4);;1H2/q;+1;/p-1. The van der Waals surface area contributed by atoms with Crippen molar-refractivity contribution in [1.29, 1.82) is 0 Å². The van der Waals surface area contributed by atoms with Gasteiger partial charge in [-0.15, -0.1) is 0 Å². The maximum absolute atomic E-state index is 9.33. The Labute approximate surface area is 90.1 Å². The summed E-state index contributed by atoms with van der Waals surface area (Å²) in [5, 5.41) is 0. The van der Waals surface area contributed by atoms with Crippen molar-refractivity contribution in [2.24, 2.45) is 0 Å². The molecule has 0 aliphatic heterocycles. The summed E-state index contributed by atoms with van der Waals surface area (Å²) < 4.78 is 29.7. The molecule has 0 aliphatic carbocycles. The van der Waals surface area contributed by atoms with Gasteiger partial charge in [0.15, 0.2) is 0 Å². The fraction of sp³-hybridized carbons (Fsp3) is 1.00. The largest absolute Gasteiger partial charge is 1.00 e. The molecule has 0 bridgehead atoms. The zero-order valence-corrected chi connectivity index (χ0v) is 8.47. The molecule has 5 nitrogen and oxygen atoms in total. The minimum Gasteiger partial charge on any atom is -0.870 e. The summed E-state index contributed by atoms with van der Waals surface area (Å²) in [4.78, 5) is 0. The first-order valence-corrected chi connectivity index (χ1v) is 2.46. The molecule has 0 spiro atoms. The first-order chi connectivity index (χ1) is 2.56. The van der Waals surface area contributed by atoms with Crippen molar-refractivity contribution in [3.05, 3.63) is 0 Å². The molecule has 0 radical (unpaired) electrons. The van der Waals surface area contributed by atoms with E-state index in [0.29, 0.717) is 0 Å². The summed E-state index contributed by atoms with van der Waals surface area (Å²) in [7, 11) is -3.29. The van der Waals surface area contributed by atoms with Crippen LogP contribution < -0.4 is 51.4 Å². The maximum Gasteiger partial charge on any atom is 1.00 e. The van der Waals surface area contributed by atoms with Crippen LogP contribution in [-0.4, -0.2) is 25.6 Å². The second kappa shape index (κ2) is 6.58. The van der Waals surface area contributed by atoms with Gasteiger partial charge >= 0.3 is 61.8 Å². The monoisotopic (exact) mass is 168 g/mol. The molecule has 0 fully saturated rings. The molecule has 0 aromatic rings. The third-order valence-corrected chi connectivity index (χ3v) is 0.632. The molecule has 0 saturated carbocycles. The minimum atomic E-state index is -4.16. The van der Waals surface area contributed by atoms with E-state index in [1.165, 1.54) is 0 Å². The fourth-order valence-corrected chi connectivity index (χ4v) is 0. The van der Waals surface area contributed by atoms with Crippen molar-refractivity contribution >= 4 is 10.4 Å². The smallest absolute Gasteiger partial charge is 0.870 e. The average Bonchev–Trinajstić information content (AvgIpc) is 1.35. The van der Waals surface area contributed by atoms with E-state index in [2.05, 4.69) is 4.18 Å². The SMILES string of the molecule is COS(=O)(=O)O.[K+].[OH-]. The Morgan fingerprint density at radius 2 is 1.62 bits per heavy atom. The van der Waals surface area contributed by atoms with Crippen molar-refractivity contribution in [2.45, 2.75) is 0 Å². The Balaban J connectivity index is -0.000000125. The van der Waals surface area contributed by atoms with E-state index in [1.54, 1.807) is 0 Å². The van der Waals surface area contributed by atoms with Crippen LogP contribution in [0.25, 0.3) is 0 Å². The van der Waals surface area contributed by atoms with Crippen LogP contribution in [0.4, 0.5) is 0 Å². The minimum absolute atomic E-state index is 0. The predicted octanol–water partition coefficient (Wildman–Crippen LogP) is -3.74. The molecule has 0 saturated heterocycles. The van der Waals surface area contributed by atoms with E-state index < -0.39 is 10.4 Å². The van der Waals surface area contributed by atoms with Gasteiger partial charge in [-0.2, -0.15) is 8.42 Å². The topological polar surface area (TPSA) is 93.6 Å². The summed E-state index contributed by atoms with van der Waals surface area (Å²) >= 11 is 0. The molecule has 0 heterocycles. The molecule has 0 aromatic heterocycles. The van der Waals surface area contributed by atoms with Crippen molar-refractivity contribution in [2.75, 3.05) is 7.11 Å². The van der Waals surface area contributed by atoms with Gasteiger partial charge < -0.3 is 5.48 Å². The number of hydrogen-bond acceptors (Lipinski definition) is 4. The van der Waals surface area contributed by atoms with Gasteiger partial charge in [0.25, 0.3) is 0 Å². The van der Waals surface area contributed by atoms with Crippen molar-refractivity contribution in [1.82, 2.24) is 0 Å². The Bertz CT molecular complexity index is 114. The summed E-state index contributed by atoms with van der Waals surface area (Å²) in [6, 6.07) is 0. The van der Waals surface area contributed by atoms with Crippen LogP contribution in [-0.2, 0) is 14.6 Å². The number of rotatable bonds is 1. The first kappa shape index (κ1) is 16.2. The summed E-state index contributed by atoms with van der Waals surface area (Å²) in [5.41, 5.74) is 0. The quantitative estimate of drug-likeness (QED) is 0.321. The average molecular weight is 168 g/mol. The van der Waals surface area contributed by atoms with E-state index in [4.69, 9.17) is 4.55 Å². The Morgan fingerprint density at radius 3 is 1.62 bits per heavy atom. The Kier molecular flexibility index (Phi) is 13.4.